The molecule has 9 nitrogen and oxygen atoms in total. The molecule has 1 saturated heterocycles. The Morgan fingerprint density at radius 3 is 2.67 bits per heavy atom. The third-order valence-corrected chi connectivity index (χ3v) is 7.34. The molecule has 0 amide bonds. The highest BCUT2D eigenvalue weighted by Gasteiger charge is 2.23. The van der Waals surface area contributed by atoms with Gasteiger partial charge in [0.2, 0.25) is 0 Å². The lowest BCUT2D eigenvalue weighted by atomic mass is 10.0. The van der Waals surface area contributed by atoms with Crippen molar-refractivity contribution in [1.82, 2.24) is 24.4 Å². The Morgan fingerprint density at radius 2 is 1.87 bits per heavy atom. The van der Waals surface area contributed by atoms with Crippen LogP contribution in [-0.4, -0.2) is 50.5 Å². The molecule has 0 radical (unpaired) electrons. The van der Waals surface area contributed by atoms with Crippen molar-refractivity contribution in [3.8, 4) is 28.3 Å². The maximum atomic E-state index is 12.8. The predicted molar refractivity (Wildman–Crippen MR) is 149 cm³/mol. The molecular formula is C30H30N6O3. The van der Waals surface area contributed by atoms with Gasteiger partial charge in [-0.25, -0.2) is 9.50 Å². The fourth-order valence-electron chi connectivity index (χ4n) is 5.28. The molecule has 2 aromatic carbocycles. The highest BCUT2D eigenvalue weighted by atomic mass is 16.5. The summed E-state index contributed by atoms with van der Waals surface area (Å²) in [5.74, 6) is 1.24. The molecule has 0 bridgehead atoms. The highest BCUT2D eigenvalue weighted by molar-refractivity contribution is 5.96. The van der Waals surface area contributed by atoms with Gasteiger partial charge in [0.15, 0.2) is 11.6 Å². The first-order chi connectivity index (χ1) is 19.1. The number of nitrogen functional groups attached to an aromatic ring is 1. The van der Waals surface area contributed by atoms with Crippen molar-refractivity contribution in [2.75, 3.05) is 26.1 Å². The smallest absolute Gasteiger partial charge is 0.163 e. The molecule has 0 unspecified atom stereocenters. The number of carbonyl (C=O) groups is 1. The molecule has 39 heavy (non-hydrogen) atoms. The van der Waals surface area contributed by atoms with E-state index in [2.05, 4.69) is 38.1 Å². The van der Waals surface area contributed by atoms with E-state index in [9.17, 15) is 4.79 Å². The Hall–Kier alpha value is -4.50. The van der Waals surface area contributed by atoms with E-state index < -0.39 is 0 Å². The summed E-state index contributed by atoms with van der Waals surface area (Å²) in [5, 5.41) is 9.22. The molecule has 1 aliphatic rings. The van der Waals surface area contributed by atoms with Crippen LogP contribution in [0.25, 0.3) is 28.0 Å². The fraction of sp³-hybridized carbons (Fsp3) is 0.267. The summed E-state index contributed by atoms with van der Waals surface area (Å²) < 4.78 is 14.7. The van der Waals surface area contributed by atoms with Crippen molar-refractivity contribution < 1.29 is 14.3 Å². The Labute approximate surface area is 226 Å². The van der Waals surface area contributed by atoms with Crippen molar-refractivity contribution in [2.45, 2.75) is 31.7 Å². The summed E-state index contributed by atoms with van der Waals surface area (Å²) in [6.45, 7) is 1.45. The fourth-order valence-corrected chi connectivity index (χ4v) is 5.28. The highest BCUT2D eigenvalue weighted by Crippen LogP contribution is 2.37. The zero-order valence-electron chi connectivity index (χ0n) is 21.8. The molecule has 1 fully saturated rings. The van der Waals surface area contributed by atoms with Crippen molar-refractivity contribution in [3.63, 3.8) is 0 Å². The van der Waals surface area contributed by atoms with E-state index in [1.54, 1.807) is 19.2 Å². The molecule has 2 N–H and O–H groups in total. The van der Waals surface area contributed by atoms with E-state index in [0.29, 0.717) is 24.2 Å². The molecule has 3 aromatic heterocycles. The van der Waals surface area contributed by atoms with E-state index in [-0.39, 0.29) is 11.8 Å². The molecule has 0 atom stereocenters. The van der Waals surface area contributed by atoms with Crippen LogP contribution < -0.4 is 10.5 Å². The van der Waals surface area contributed by atoms with Crippen LogP contribution in [0.3, 0.4) is 0 Å². The van der Waals surface area contributed by atoms with E-state index in [1.807, 2.05) is 41.0 Å². The Balaban J connectivity index is 1.32. The van der Waals surface area contributed by atoms with Crippen LogP contribution >= 0.6 is 0 Å². The standard InChI is InChI=1S/C30H30N6O3/c1-38-24-8-6-21(7-9-24)28(37)10-5-20-3-2-4-22(17-20)27-18-25(29-30(31)32-19-34-36(27)29)26-11-14-33-35(26)23-12-15-39-16-13-23/h2-4,6-9,11,14,17-19,23H,5,10,12-13,15-16H2,1H3,(H2,31,32,34). The van der Waals surface area contributed by atoms with Crippen LogP contribution in [0.4, 0.5) is 5.82 Å². The second-order valence-electron chi connectivity index (χ2n) is 9.71. The number of nitrogens with zero attached hydrogens (tertiary/aromatic N) is 5. The number of anilines is 1. The number of aryl methyl sites for hydroxylation is 1. The van der Waals surface area contributed by atoms with Gasteiger partial charge in [-0.05, 0) is 67.3 Å². The molecule has 9 heteroatoms. The molecule has 1 aliphatic heterocycles. The van der Waals surface area contributed by atoms with Gasteiger partial charge in [0.05, 0.1) is 24.5 Å². The topological polar surface area (TPSA) is 110 Å². The van der Waals surface area contributed by atoms with Gasteiger partial charge in [0, 0.05) is 42.5 Å². The summed E-state index contributed by atoms with van der Waals surface area (Å²) >= 11 is 0. The number of methoxy groups -OCH3 is 1. The number of Topliss-reactive ketones (excluding diaryl/α,β-unsaturated/α-hetero) is 1. The Kier molecular flexibility index (Phi) is 6.81. The summed E-state index contributed by atoms with van der Waals surface area (Å²) in [5.41, 5.74) is 12.7. The number of nitrogens with two attached hydrogens (primary N) is 1. The van der Waals surface area contributed by atoms with E-state index in [4.69, 9.17) is 15.2 Å². The maximum Gasteiger partial charge on any atom is 0.163 e. The van der Waals surface area contributed by atoms with Crippen LogP contribution in [0.1, 0.15) is 41.2 Å². The molecule has 4 heterocycles. The van der Waals surface area contributed by atoms with Crippen molar-refractivity contribution in [3.05, 3.63) is 84.3 Å². The molecule has 5 aromatic rings. The lowest BCUT2D eigenvalue weighted by molar-refractivity contribution is 0.0667. The Bertz CT molecular complexity index is 1620. The monoisotopic (exact) mass is 522 g/mol. The van der Waals surface area contributed by atoms with Gasteiger partial charge in [0.25, 0.3) is 0 Å². The summed E-state index contributed by atoms with van der Waals surface area (Å²) in [4.78, 5) is 17.1. The van der Waals surface area contributed by atoms with Crippen LogP contribution in [0, 0.1) is 0 Å². The lowest BCUT2D eigenvalue weighted by Crippen LogP contribution is -2.21. The molecular weight excluding hydrogens is 492 g/mol. The van der Waals surface area contributed by atoms with Gasteiger partial charge in [0.1, 0.15) is 17.6 Å². The van der Waals surface area contributed by atoms with E-state index in [0.717, 1.165) is 65.4 Å². The van der Waals surface area contributed by atoms with E-state index in [1.165, 1.54) is 6.33 Å². The van der Waals surface area contributed by atoms with Crippen molar-refractivity contribution in [1.29, 1.82) is 0 Å². The molecule has 198 valence electrons. The number of ether oxygens (including phenoxy) is 2. The van der Waals surface area contributed by atoms with Crippen LogP contribution in [0.5, 0.6) is 5.75 Å². The largest absolute Gasteiger partial charge is 0.497 e. The SMILES string of the molecule is COc1ccc(C(=O)CCc2cccc(-c3cc(-c4ccnn4C4CCOCC4)c4c(N)ncnn34)c2)cc1. The van der Waals surface area contributed by atoms with Crippen LogP contribution in [0.2, 0.25) is 0 Å². The van der Waals surface area contributed by atoms with Gasteiger partial charge < -0.3 is 15.2 Å². The second kappa shape index (κ2) is 10.7. The van der Waals surface area contributed by atoms with Crippen molar-refractivity contribution in [2.24, 2.45) is 0 Å². The van der Waals surface area contributed by atoms with Crippen LogP contribution in [-0.2, 0) is 11.2 Å². The predicted octanol–water partition coefficient (Wildman–Crippen LogP) is 5.02. The number of carbonyl (C=O) groups excluding carboxylic acids is 1. The zero-order chi connectivity index (χ0) is 26.8. The van der Waals surface area contributed by atoms with Gasteiger partial charge in [-0.1, -0.05) is 18.2 Å². The number of ketones is 1. The van der Waals surface area contributed by atoms with Gasteiger partial charge >= 0.3 is 0 Å². The number of rotatable bonds is 8. The number of fused-ring (bicyclic) bond motifs is 1. The number of aromatic nitrogens is 5. The van der Waals surface area contributed by atoms with Gasteiger partial charge in [-0.3, -0.25) is 9.48 Å². The number of hydrogen-bond acceptors (Lipinski definition) is 7. The minimum absolute atomic E-state index is 0.0976. The minimum atomic E-state index is 0.0976. The zero-order valence-corrected chi connectivity index (χ0v) is 21.8. The average Bonchev–Trinajstić information content (AvgIpc) is 3.62. The average molecular weight is 523 g/mol. The number of hydrogen-bond donors (Lipinski definition) is 1. The quantitative estimate of drug-likeness (QED) is 0.285. The third kappa shape index (κ3) is 4.88. The molecule has 0 spiro atoms. The first kappa shape index (κ1) is 24.8. The normalized spacial score (nSPS) is 14.1. The third-order valence-electron chi connectivity index (χ3n) is 7.34. The van der Waals surface area contributed by atoms with E-state index >= 15 is 0 Å². The summed E-state index contributed by atoms with van der Waals surface area (Å²) in [7, 11) is 1.61. The molecule has 0 aliphatic carbocycles. The lowest BCUT2D eigenvalue weighted by Gasteiger charge is -2.24. The molecule has 0 saturated carbocycles. The first-order valence-corrected chi connectivity index (χ1v) is 13.1. The summed E-state index contributed by atoms with van der Waals surface area (Å²) in [6.07, 6.45) is 6.17. The van der Waals surface area contributed by atoms with Crippen molar-refractivity contribution >= 4 is 17.1 Å². The maximum absolute atomic E-state index is 12.8. The summed E-state index contributed by atoms with van der Waals surface area (Å²) in [6, 6.07) is 19.8. The number of benzene rings is 2. The molecule has 6 rings (SSSR count). The minimum Gasteiger partial charge on any atom is -0.497 e. The van der Waals surface area contributed by atoms with Gasteiger partial charge in [-0.15, -0.1) is 0 Å². The van der Waals surface area contributed by atoms with Gasteiger partial charge in [-0.2, -0.15) is 10.2 Å². The Morgan fingerprint density at radius 1 is 1.05 bits per heavy atom. The first-order valence-electron chi connectivity index (χ1n) is 13.1. The second-order valence-corrected chi connectivity index (χ2v) is 9.71. The van der Waals surface area contributed by atoms with Crippen LogP contribution in [0.15, 0.2) is 73.2 Å².